The third-order valence-corrected chi connectivity index (χ3v) is 14.3. The lowest BCUT2D eigenvalue weighted by Crippen LogP contribution is -2.30. The Hall–Kier alpha value is -4.71. The standard InChI is InChI=1S/C77H126O6/c1-4-7-10-13-16-19-22-25-28-31-32-33-34-35-36-37-38-39-40-41-42-43-44-47-49-52-55-58-61-64-67-70-76(79)82-73-74(83-77(80)71-68-65-62-59-56-53-50-46-30-27-24-21-18-15-12-9-6-3)72-81-75(78)69-66-63-60-57-54-51-48-45-29-26-23-20-17-14-11-8-5-2/h7,10,16,18-19,21,25-30,32-33,35-36,38-39,41-42,44,47,52,55,74H,4-6,8-9,11-15,17,20,22-24,31,34,37,40,43,45-46,48-51,53-54,56-73H2,1-3H3/b10-7-,19-16-,21-18-,28-25-,29-26-,30-27-,33-32-,36-35-,39-38-,42-41-,47-44-,55-52-. The van der Waals surface area contributed by atoms with Crippen LogP contribution in [0.5, 0.6) is 0 Å². The molecule has 0 radical (unpaired) electrons. The Bertz CT molecular complexity index is 1800. The molecule has 0 aromatic carbocycles. The van der Waals surface area contributed by atoms with Crippen molar-refractivity contribution in [2.75, 3.05) is 13.2 Å². The van der Waals surface area contributed by atoms with E-state index in [9.17, 15) is 14.4 Å². The van der Waals surface area contributed by atoms with Crippen LogP contribution < -0.4 is 0 Å². The van der Waals surface area contributed by atoms with Crippen molar-refractivity contribution >= 4 is 17.9 Å². The summed E-state index contributed by atoms with van der Waals surface area (Å²) in [6, 6.07) is 0. The van der Waals surface area contributed by atoms with E-state index in [2.05, 4.69) is 167 Å². The Labute approximate surface area is 512 Å². The van der Waals surface area contributed by atoms with Gasteiger partial charge in [0, 0.05) is 19.3 Å². The van der Waals surface area contributed by atoms with Crippen molar-refractivity contribution in [3.8, 4) is 0 Å². The number of unbranched alkanes of at least 4 members (excludes halogenated alkanes) is 26. The molecule has 0 heterocycles. The second-order valence-electron chi connectivity index (χ2n) is 22.3. The molecule has 0 bridgehead atoms. The van der Waals surface area contributed by atoms with Gasteiger partial charge in [0.25, 0.3) is 0 Å². The van der Waals surface area contributed by atoms with Gasteiger partial charge in [0.1, 0.15) is 13.2 Å². The van der Waals surface area contributed by atoms with Gasteiger partial charge in [0.2, 0.25) is 0 Å². The highest BCUT2D eigenvalue weighted by Crippen LogP contribution is 2.15. The lowest BCUT2D eigenvalue weighted by Gasteiger charge is -2.18. The van der Waals surface area contributed by atoms with Gasteiger partial charge < -0.3 is 14.2 Å². The highest BCUT2D eigenvalue weighted by atomic mass is 16.6. The highest BCUT2D eigenvalue weighted by molar-refractivity contribution is 5.71. The van der Waals surface area contributed by atoms with Gasteiger partial charge in [0.15, 0.2) is 6.10 Å². The fraction of sp³-hybridized carbons (Fsp3) is 0.649. The fourth-order valence-electron chi connectivity index (χ4n) is 9.17. The Morgan fingerprint density at radius 2 is 0.470 bits per heavy atom. The van der Waals surface area contributed by atoms with Crippen LogP contribution in [0.3, 0.4) is 0 Å². The van der Waals surface area contributed by atoms with E-state index in [1.165, 1.54) is 128 Å². The number of hydrogen-bond donors (Lipinski definition) is 0. The summed E-state index contributed by atoms with van der Waals surface area (Å²) in [5.74, 6) is -0.940. The average Bonchev–Trinajstić information content (AvgIpc) is 3.49. The Balaban J connectivity index is 4.44. The van der Waals surface area contributed by atoms with Crippen LogP contribution in [0, 0.1) is 0 Å². The van der Waals surface area contributed by atoms with Crippen molar-refractivity contribution in [1.82, 2.24) is 0 Å². The molecule has 0 saturated carbocycles. The third-order valence-electron chi connectivity index (χ3n) is 14.3. The molecule has 0 aromatic heterocycles. The molecule has 0 spiro atoms. The van der Waals surface area contributed by atoms with Gasteiger partial charge in [-0.3, -0.25) is 14.4 Å². The summed E-state index contributed by atoms with van der Waals surface area (Å²) >= 11 is 0. The van der Waals surface area contributed by atoms with E-state index in [-0.39, 0.29) is 31.1 Å². The van der Waals surface area contributed by atoms with Crippen molar-refractivity contribution in [1.29, 1.82) is 0 Å². The molecule has 1 atom stereocenters. The largest absolute Gasteiger partial charge is 0.462 e. The van der Waals surface area contributed by atoms with Crippen molar-refractivity contribution in [2.45, 2.75) is 309 Å². The molecule has 0 aromatic rings. The third kappa shape index (κ3) is 68.0. The zero-order valence-corrected chi connectivity index (χ0v) is 53.9. The second kappa shape index (κ2) is 69.8. The first-order valence-corrected chi connectivity index (χ1v) is 34.3. The summed E-state index contributed by atoms with van der Waals surface area (Å²) in [5.41, 5.74) is 0. The van der Waals surface area contributed by atoms with Crippen LogP contribution in [0.25, 0.3) is 0 Å². The zero-order chi connectivity index (χ0) is 59.9. The molecule has 6 nitrogen and oxygen atoms in total. The molecule has 0 saturated heterocycles. The molecule has 0 aliphatic heterocycles. The quantitative estimate of drug-likeness (QED) is 0.0261. The topological polar surface area (TPSA) is 78.9 Å². The maximum absolute atomic E-state index is 12.9. The fourth-order valence-corrected chi connectivity index (χ4v) is 9.17. The summed E-state index contributed by atoms with van der Waals surface area (Å²) in [5, 5.41) is 0. The summed E-state index contributed by atoms with van der Waals surface area (Å²) in [4.78, 5) is 38.4. The maximum atomic E-state index is 12.9. The predicted octanol–water partition coefficient (Wildman–Crippen LogP) is 23.9. The summed E-state index contributed by atoms with van der Waals surface area (Å²) in [7, 11) is 0. The van der Waals surface area contributed by atoms with Crippen molar-refractivity contribution in [3.63, 3.8) is 0 Å². The summed E-state index contributed by atoms with van der Waals surface area (Å²) in [6.45, 7) is 6.47. The monoisotopic (exact) mass is 1150 g/mol. The van der Waals surface area contributed by atoms with E-state index in [1.54, 1.807) is 0 Å². The van der Waals surface area contributed by atoms with Crippen molar-refractivity contribution < 1.29 is 28.6 Å². The molecular weight excluding hydrogens is 1020 g/mol. The zero-order valence-electron chi connectivity index (χ0n) is 53.9. The first-order valence-electron chi connectivity index (χ1n) is 34.3. The number of carbonyl (C=O) groups is 3. The molecule has 0 rings (SSSR count). The minimum atomic E-state index is -0.805. The SMILES string of the molecule is CC/C=C\C/C=C\C/C=C\C/C=C\C/C=C\C/C=C\C/C=C\C/C=C\C/C=C\CCCCCC(=O)OCC(COC(=O)CCCCCCCCC/C=C\CCCCCCCC)OC(=O)CCCCCCCCC/C=C\C/C=C\CCCCC. The first kappa shape index (κ1) is 78.3. The minimum absolute atomic E-state index is 0.0977. The molecule has 0 fully saturated rings. The van der Waals surface area contributed by atoms with Crippen LogP contribution in [0.4, 0.5) is 0 Å². The average molecular weight is 1150 g/mol. The number of allylic oxidation sites excluding steroid dienone is 24. The molecule has 0 amide bonds. The van der Waals surface area contributed by atoms with Crippen LogP contribution in [0.2, 0.25) is 0 Å². The smallest absolute Gasteiger partial charge is 0.306 e. The number of rotatable bonds is 61. The van der Waals surface area contributed by atoms with E-state index in [0.29, 0.717) is 19.3 Å². The Kier molecular flexibility index (Phi) is 65.8. The molecule has 0 N–H and O–H groups in total. The first-order chi connectivity index (χ1) is 41.0. The van der Waals surface area contributed by atoms with Gasteiger partial charge >= 0.3 is 17.9 Å². The van der Waals surface area contributed by atoms with Gasteiger partial charge in [-0.15, -0.1) is 0 Å². The lowest BCUT2D eigenvalue weighted by atomic mass is 10.1. The predicted molar refractivity (Wildman–Crippen MR) is 362 cm³/mol. The van der Waals surface area contributed by atoms with Gasteiger partial charge in [-0.25, -0.2) is 0 Å². The minimum Gasteiger partial charge on any atom is -0.462 e. The molecule has 1 unspecified atom stereocenters. The van der Waals surface area contributed by atoms with E-state index in [1.807, 2.05) is 0 Å². The van der Waals surface area contributed by atoms with Crippen LogP contribution in [-0.4, -0.2) is 37.2 Å². The van der Waals surface area contributed by atoms with Gasteiger partial charge in [-0.1, -0.05) is 282 Å². The van der Waals surface area contributed by atoms with Crippen molar-refractivity contribution in [3.05, 3.63) is 146 Å². The molecular formula is C77H126O6. The second-order valence-corrected chi connectivity index (χ2v) is 22.3. The number of ether oxygens (including phenoxy) is 3. The van der Waals surface area contributed by atoms with Gasteiger partial charge in [-0.2, -0.15) is 0 Å². The van der Waals surface area contributed by atoms with E-state index in [0.717, 1.165) is 135 Å². The van der Waals surface area contributed by atoms with Crippen LogP contribution in [0.15, 0.2) is 146 Å². The summed E-state index contributed by atoms with van der Waals surface area (Å²) < 4.78 is 16.9. The van der Waals surface area contributed by atoms with E-state index in [4.69, 9.17) is 14.2 Å². The molecule has 470 valence electrons. The van der Waals surface area contributed by atoms with Gasteiger partial charge in [0.05, 0.1) is 0 Å². The number of carbonyl (C=O) groups excluding carboxylic acids is 3. The van der Waals surface area contributed by atoms with Crippen molar-refractivity contribution in [2.24, 2.45) is 0 Å². The highest BCUT2D eigenvalue weighted by Gasteiger charge is 2.19. The Morgan fingerprint density at radius 3 is 0.783 bits per heavy atom. The van der Waals surface area contributed by atoms with Gasteiger partial charge in [-0.05, 0) is 148 Å². The lowest BCUT2D eigenvalue weighted by molar-refractivity contribution is -0.167. The van der Waals surface area contributed by atoms with Crippen LogP contribution >= 0.6 is 0 Å². The van der Waals surface area contributed by atoms with Crippen LogP contribution in [0.1, 0.15) is 303 Å². The number of esters is 3. The maximum Gasteiger partial charge on any atom is 0.306 e. The number of hydrogen-bond acceptors (Lipinski definition) is 6. The Morgan fingerprint density at radius 1 is 0.253 bits per heavy atom. The van der Waals surface area contributed by atoms with Crippen LogP contribution in [-0.2, 0) is 28.6 Å². The molecule has 0 aliphatic rings. The van der Waals surface area contributed by atoms with E-state index >= 15 is 0 Å². The normalized spacial score (nSPS) is 13.0. The summed E-state index contributed by atoms with van der Waals surface area (Å²) in [6.07, 6.45) is 100.0. The molecule has 0 aliphatic carbocycles. The molecule has 6 heteroatoms. The molecule has 83 heavy (non-hydrogen) atoms. The van der Waals surface area contributed by atoms with E-state index < -0.39 is 6.10 Å².